The lowest BCUT2D eigenvalue weighted by Gasteiger charge is -2.11. The summed E-state index contributed by atoms with van der Waals surface area (Å²) in [6.45, 7) is 0.324. The number of para-hydroxylation sites is 1. The number of halogens is 3. The molecule has 3 aromatic rings. The molecule has 0 aliphatic rings. The Labute approximate surface area is 180 Å². The van der Waals surface area contributed by atoms with Gasteiger partial charge in [-0.25, -0.2) is 9.97 Å². The lowest BCUT2D eigenvalue weighted by atomic mass is 10.1. The van der Waals surface area contributed by atoms with E-state index in [2.05, 4.69) is 20.6 Å². The van der Waals surface area contributed by atoms with Crippen molar-refractivity contribution in [1.82, 2.24) is 15.3 Å². The van der Waals surface area contributed by atoms with Crippen LogP contribution in [0.15, 0.2) is 72.0 Å². The van der Waals surface area contributed by atoms with Gasteiger partial charge in [-0.05, 0) is 23.8 Å². The van der Waals surface area contributed by atoms with Crippen molar-refractivity contribution in [3.8, 4) is 0 Å². The van der Waals surface area contributed by atoms with Crippen LogP contribution in [-0.4, -0.2) is 27.5 Å². The van der Waals surface area contributed by atoms with E-state index in [4.69, 9.17) is 0 Å². The van der Waals surface area contributed by atoms with Crippen LogP contribution in [0, 0.1) is 0 Å². The van der Waals surface area contributed by atoms with Gasteiger partial charge in [-0.15, -0.1) is 0 Å². The summed E-state index contributed by atoms with van der Waals surface area (Å²) >= 11 is 0.765. The van der Waals surface area contributed by atoms with Gasteiger partial charge in [0.25, 0.3) is 5.91 Å². The highest BCUT2D eigenvalue weighted by molar-refractivity contribution is 7.99. The molecule has 0 spiro atoms. The molecule has 6 nitrogen and oxygen atoms in total. The average molecular weight is 446 g/mol. The van der Waals surface area contributed by atoms with Crippen molar-refractivity contribution >= 4 is 29.3 Å². The highest BCUT2D eigenvalue weighted by Gasteiger charge is 2.32. The largest absolute Gasteiger partial charge is 0.433 e. The van der Waals surface area contributed by atoms with Gasteiger partial charge in [0.15, 0.2) is 5.16 Å². The topological polar surface area (TPSA) is 84.0 Å². The van der Waals surface area contributed by atoms with E-state index in [1.165, 1.54) is 0 Å². The lowest BCUT2D eigenvalue weighted by molar-refractivity contribution is -0.141. The normalized spacial score (nSPS) is 11.1. The second kappa shape index (κ2) is 10.1. The summed E-state index contributed by atoms with van der Waals surface area (Å²) in [4.78, 5) is 32.0. The van der Waals surface area contributed by atoms with Gasteiger partial charge in [-0.2, -0.15) is 13.2 Å². The quantitative estimate of drug-likeness (QED) is 0.421. The Morgan fingerprint density at radius 1 is 0.968 bits per heavy atom. The SMILES string of the molecule is O=C(CSc1nccc(C(F)(F)F)n1)Nc1ccccc1C(=O)NCc1ccccc1. The first-order valence-corrected chi connectivity index (χ1v) is 10.1. The van der Waals surface area contributed by atoms with Gasteiger partial charge >= 0.3 is 6.18 Å². The van der Waals surface area contributed by atoms with Crippen LogP contribution in [-0.2, 0) is 17.5 Å². The Hall–Kier alpha value is -3.40. The van der Waals surface area contributed by atoms with Gasteiger partial charge in [0.2, 0.25) is 5.91 Å². The first kappa shape index (κ1) is 22.3. The van der Waals surface area contributed by atoms with Crippen molar-refractivity contribution in [3.05, 3.63) is 83.7 Å². The summed E-state index contributed by atoms with van der Waals surface area (Å²) in [5.41, 5.74) is 0.413. The second-order valence-corrected chi connectivity index (χ2v) is 7.22. The van der Waals surface area contributed by atoms with Crippen LogP contribution < -0.4 is 10.6 Å². The number of hydrogen-bond acceptors (Lipinski definition) is 5. The van der Waals surface area contributed by atoms with Gasteiger partial charge in [0.05, 0.1) is 17.0 Å². The minimum atomic E-state index is -4.59. The molecule has 2 N–H and O–H groups in total. The van der Waals surface area contributed by atoms with E-state index in [9.17, 15) is 22.8 Å². The fourth-order valence-corrected chi connectivity index (χ4v) is 3.18. The molecule has 2 amide bonds. The van der Waals surface area contributed by atoms with E-state index in [1.807, 2.05) is 30.3 Å². The molecule has 0 bridgehead atoms. The Bertz CT molecular complexity index is 1060. The smallest absolute Gasteiger partial charge is 0.348 e. The molecule has 0 radical (unpaired) electrons. The van der Waals surface area contributed by atoms with E-state index in [0.29, 0.717) is 12.2 Å². The standard InChI is InChI=1S/C21H17F3N4O2S/c22-21(23,24)17-10-11-25-20(28-17)31-13-18(29)27-16-9-5-4-8-15(16)19(30)26-12-14-6-2-1-3-7-14/h1-11H,12-13H2,(H,26,30)(H,27,29). The summed E-state index contributed by atoms with van der Waals surface area (Å²) in [6.07, 6.45) is -3.60. The molecule has 0 saturated carbocycles. The summed E-state index contributed by atoms with van der Waals surface area (Å²) < 4.78 is 38.2. The Morgan fingerprint density at radius 3 is 2.42 bits per heavy atom. The minimum absolute atomic E-state index is 0.168. The second-order valence-electron chi connectivity index (χ2n) is 6.27. The van der Waals surface area contributed by atoms with Crippen molar-refractivity contribution in [2.75, 3.05) is 11.1 Å². The molecule has 160 valence electrons. The van der Waals surface area contributed by atoms with Gasteiger partial charge in [0.1, 0.15) is 5.69 Å². The van der Waals surface area contributed by atoms with E-state index < -0.39 is 17.8 Å². The molecule has 1 aromatic heterocycles. The molecule has 0 saturated heterocycles. The van der Waals surface area contributed by atoms with E-state index in [0.717, 1.165) is 29.6 Å². The highest BCUT2D eigenvalue weighted by Crippen LogP contribution is 2.28. The zero-order valence-corrected chi connectivity index (χ0v) is 16.8. The summed E-state index contributed by atoms with van der Waals surface area (Å²) in [7, 11) is 0. The summed E-state index contributed by atoms with van der Waals surface area (Å²) in [6, 6.07) is 16.6. The van der Waals surface area contributed by atoms with E-state index in [-0.39, 0.29) is 22.4 Å². The number of nitrogens with zero attached hydrogens (tertiary/aromatic N) is 2. The molecule has 1 heterocycles. The van der Waals surface area contributed by atoms with E-state index in [1.54, 1.807) is 24.3 Å². The fourth-order valence-electron chi connectivity index (χ4n) is 2.55. The zero-order chi connectivity index (χ0) is 22.3. The maximum atomic E-state index is 12.7. The van der Waals surface area contributed by atoms with Crippen LogP contribution in [0.4, 0.5) is 18.9 Å². The van der Waals surface area contributed by atoms with Crippen molar-refractivity contribution in [3.63, 3.8) is 0 Å². The number of rotatable bonds is 7. The number of anilines is 1. The van der Waals surface area contributed by atoms with Gasteiger partial charge in [-0.3, -0.25) is 9.59 Å². The van der Waals surface area contributed by atoms with Crippen molar-refractivity contribution in [2.45, 2.75) is 17.9 Å². The fraction of sp³-hybridized carbons (Fsp3) is 0.143. The number of nitrogens with one attached hydrogen (secondary N) is 2. The molecule has 0 unspecified atom stereocenters. The average Bonchev–Trinajstić information content (AvgIpc) is 2.77. The van der Waals surface area contributed by atoms with Crippen LogP contribution >= 0.6 is 11.8 Å². The van der Waals surface area contributed by atoms with Crippen LogP contribution in [0.3, 0.4) is 0 Å². The maximum absolute atomic E-state index is 12.7. The molecule has 3 rings (SSSR count). The molecule has 0 aliphatic carbocycles. The summed E-state index contributed by atoms with van der Waals surface area (Å²) in [5.74, 6) is -1.09. The third-order valence-corrected chi connectivity index (χ3v) is 4.86. The number of aromatic nitrogens is 2. The number of amides is 2. The Balaban J connectivity index is 1.60. The third-order valence-electron chi connectivity index (χ3n) is 4.00. The van der Waals surface area contributed by atoms with Crippen LogP contribution in [0.2, 0.25) is 0 Å². The first-order valence-electron chi connectivity index (χ1n) is 9.07. The Morgan fingerprint density at radius 2 is 1.68 bits per heavy atom. The number of alkyl halides is 3. The molecular formula is C21H17F3N4O2S. The maximum Gasteiger partial charge on any atom is 0.433 e. The molecule has 0 aliphatic heterocycles. The predicted molar refractivity (Wildman–Crippen MR) is 110 cm³/mol. The van der Waals surface area contributed by atoms with Crippen LogP contribution in [0.5, 0.6) is 0 Å². The predicted octanol–water partition coefficient (Wildman–Crippen LogP) is 4.16. The Kier molecular flexibility index (Phi) is 7.24. The monoisotopic (exact) mass is 446 g/mol. The molecule has 0 atom stereocenters. The van der Waals surface area contributed by atoms with Crippen LogP contribution in [0.25, 0.3) is 0 Å². The lowest BCUT2D eigenvalue weighted by Crippen LogP contribution is -2.25. The number of carbonyl (C=O) groups is 2. The summed E-state index contributed by atoms with van der Waals surface area (Å²) in [5, 5.41) is 5.22. The third kappa shape index (κ3) is 6.54. The van der Waals surface area contributed by atoms with Crippen molar-refractivity contribution in [1.29, 1.82) is 0 Å². The highest BCUT2D eigenvalue weighted by atomic mass is 32.2. The molecule has 0 fully saturated rings. The number of carbonyl (C=O) groups excluding carboxylic acids is 2. The van der Waals surface area contributed by atoms with Gasteiger partial charge in [0, 0.05) is 12.7 Å². The van der Waals surface area contributed by atoms with Crippen molar-refractivity contribution < 1.29 is 22.8 Å². The van der Waals surface area contributed by atoms with Gasteiger partial charge in [-0.1, -0.05) is 54.2 Å². The molecule has 31 heavy (non-hydrogen) atoms. The van der Waals surface area contributed by atoms with Gasteiger partial charge < -0.3 is 10.6 Å². The van der Waals surface area contributed by atoms with E-state index >= 15 is 0 Å². The van der Waals surface area contributed by atoms with Crippen molar-refractivity contribution in [2.24, 2.45) is 0 Å². The first-order chi connectivity index (χ1) is 14.8. The zero-order valence-electron chi connectivity index (χ0n) is 16.0. The molecular weight excluding hydrogens is 429 g/mol. The molecule has 2 aromatic carbocycles. The minimum Gasteiger partial charge on any atom is -0.348 e. The number of benzene rings is 2. The molecule has 10 heteroatoms. The number of hydrogen-bond donors (Lipinski definition) is 2. The van der Waals surface area contributed by atoms with Crippen LogP contribution in [0.1, 0.15) is 21.6 Å². The number of thioether (sulfide) groups is 1.